The summed E-state index contributed by atoms with van der Waals surface area (Å²) < 4.78 is 20.4. The highest BCUT2D eigenvalue weighted by molar-refractivity contribution is 7.25. The van der Waals surface area contributed by atoms with E-state index in [2.05, 4.69) is 52.5 Å². The van der Waals surface area contributed by atoms with E-state index in [0.29, 0.717) is 35.5 Å². The van der Waals surface area contributed by atoms with Gasteiger partial charge in [-0.15, -0.1) is 11.3 Å². The first kappa shape index (κ1) is 28.3. The quantitative estimate of drug-likeness (QED) is 0.195. The molecule has 5 aromatic rings. The van der Waals surface area contributed by atoms with Crippen LogP contribution in [0.1, 0.15) is 24.0 Å². The fraction of sp³-hybridized carbons (Fsp3) is 0.281. The number of carbonyl (C=O) groups is 1. The fourth-order valence-corrected chi connectivity index (χ4v) is 6.66. The number of hydrogen-bond acceptors (Lipinski definition) is 7. The third-order valence-electron chi connectivity index (χ3n) is 7.69. The summed E-state index contributed by atoms with van der Waals surface area (Å²) >= 11 is 8.13. The van der Waals surface area contributed by atoms with Gasteiger partial charge in [0.25, 0.3) is 0 Å². The minimum absolute atomic E-state index is 0.211. The number of fused-ring (bicyclic) bond motifs is 3. The van der Waals surface area contributed by atoms with Gasteiger partial charge in [0, 0.05) is 41.3 Å². The largest absolute Gasteiger partial charge is 0.487 e. The van der Waals surface area contributed by atoms with Gasteiger partial charge in [0.2, 0.25) is 5.91 Å². The van der Waals surface area contributed by atoms with E-state index in [4.69, 9.17) is 16.3 Å². The Morgan fingerprint density at radius 2 is 2.02 bits per heavy atom. The molecule has 3 aromatic carbocycles. The second-order valence-electron chi connectivity index (χ2n) is 10.8. The summed E-state index contributed by atoms with van der Waals surface area (Å²) in [5.41, 5.74) is 2.61. The zero-order chi connectivity index (χ0) is 29.2. The third-order valence-corrected chi connectivity index (χ3v) is 9.04. The van der Waals surface area contributed by atoms with Crippen LogP contribution in [0, 0.1) is 5.82 Å². The molecular formula is C32H31ClFN5O2S. The number of ether oxygens (including phenoxy) is 1. The van der Waals surface area contributed by atoms with Crippen LogP contribution in [0.4, 0.5) is 15.9 Å². The molecule has 7 nitrogen and oxygen atoms in total. The van der Waals surface area contributed by atoms with Crippen LogP contribution < -0.4 is 10.1 Å². The molecule has 42 heavy (non-hydrogen) atoms. The van der Waals surface area contributed by atoms with E-state index in [0.717, 1.165) is 56.6 Å². The van der Waals surface area contributed by atoms with Crippen LogP contribution in [0.3, 0.4) is 0 Å². The lowest BCUT2D eigenvalue weighted by atomic mass is 10.1. The molecule has 0 saturated carbocycles. The monoisotopic (exact) mass is 603 g/mol. The zero-order valence-corrected chi connectivity index (χ0v) is 25.0. The van der Waals surface area contributed by atoms with Gasteiger partial charge in [0.05, 0.1) is 10.4 Å². The number of likely N-dealkylation sites (tertiary alicyclic amines) is 1. The number of rotatable bonds is 9. The average molecular weight is 604 g/mol. The maximum atomic E-state index is 13.5. The van der Waals surface area contributed by atoms with E-state index in [9.17, 15) is 9.18 Å². The first-order valence-corrected chi connectivity index (χ1v) is 15.1. The molecule has 6 rings (SSSR count). The van der Waals surface area contributed by atoms with Crippen molar-refractivity contribution >= 4 is 60.7 Å². The van der Waals surface area contributed by atoms with Gasteiger partial charge in [-0.1, -0.05) is 35.9 Å². The van der Waals surface area contributed by atoms with Gasteiger partial charge in [-0.3, -0.25) is 4.79 Å². The van der Waals surface area contributed by atoms with Gasteiger partial charge < -0.3 is 19.9 Å². The van der Waals surface area contributed by atoms with Gasteiger partial charge in [0.1, 0.15) is 35.1 Å². The van der Waals surface area contributed by atoms with Crippen molar-refractivity contribution in [3.05, 3.63) is 89.0 Å². The summed E-state index contributed by atoms with van der Waals surface area (Å²) in [6, 6.07) is 18.5. The van der Waals surface area contributed by atoms with Gasteiger partial charge in [-0.05, 0) is 74.5 Å². The molecule has 1 fully saturated rings. The van der Waals surface area contributed by atoms with Crippen molar-refractivity contribution in [3.8, 4) is 5.75 Å². The fourth-order valence-electron chi connectivity index (χ4n) is 5.32. The molecule has 1 aliphatic heterocycles. The minimum atomic E-state index is -0.304. The van der Waals surface area contributed by atoms with Crippen molar-refractivity contribution < 1.29 is 13.9 Å². The molecule has 1 saturated heterocycles. The molecule has 1 atom stereocenters. The van der Waals surface area contributed by atoms with E-state index < -0.39 is 0 Å². The molecular weight excluding hydrogens is 573 g/mol. The average Bonchev–Trinajstić information content (AvgIpc) is 3.61. The Morgan fingerprint density at radius 3 is 2.81 bits per heavy atom. The van der Waals surface area contributed by atoms with E-state index >= 15 is 0 Å². The Hall–Kier alpha value is -3.79. The Bertz CT molecular complexity index is 1760. The van der Waals surface area contributed by atoms with Gasteiger partial charge in [-0.2, -0.15) is 0 Å². The first-order chi connectivity index (χ1) is 20.3. The summed E-state index contributed by atoms with van der Waals surface area (Å²) in [6.07, 6.45) is 3.79. The molecule has 1 N–H and O–H groups in total. The Morgan fingerprint density at radius 1 is 1.14 bits per heavy atom. The number of thiophene rings is 1. The number of carbonyl (C=O) groups excluding carboxylic acids is 1. The molecule has 2 aromatic heterocycles. The number of nitrogens with zero attached hydrogens (tertiary/aromatic N) is 4. The normalized spacial score (nSPS) is 15.2. The smallest absolute Gasteiger partial charge is 0.222 e. The van der Waals surface area contributed by atoms with Crippen molar-refractivity contribution in [1.29, 1.82) is 0 Å². The molecule has 216 valence electrons. The second-order valence-corrected chi connectivity index (χ2v) is 12.2. The van der Waals surface area contributed by atoms with Crippen LogP contribution in [0.2, 0.25) is 5.02 Å². The molecule has 0 spiro atoms. The molecule has 0 unspecified atom stereocenters. The molecule has 3 heterocycles. The lowest BCUT2D eigenvalue weighted by Crippen LogP contribution is -2.34. The van der Waals surface area contributed by atoms with Gasteiger partial charge in [-0.25, -0.2) is 14.4 Å². The Labute approximate surface area is 252 Å². The van der Waals surface area contributed by atoms with Crippen molar-refractivity contribution in [1.82, 2.24) is 19.8 Å². The molecule has 10 heteroatoms. The molecule has 1 aliphatic rings. The predicted molar refractivity (Wildman–Crippen MR) is 167 cm³/mol. The van der Waals surface area contributed by atoms with Crippen LogP contribution >= 0.6 is 22.9 Å². The van der Waals surface area contributed by atoms with E-state index in [1.807, 2.05) is 11.0 Å². The topological polar surface area (TPSA) is 70.6 Å². The Balaban J connectivity index is 1.15. The number of benzene rings is 3. The number of aryl methyl sites for hydroxylation is 1. The number of nitrogens with one attached hydrogen (secondary N) is 1. The summed E-state index contributed by atoms with van der Waals surface area (Å²) in [7, 11) is 4.14. The van der Waals surface area contributed by atoms with Gasteiger partial charge in [0.15, 0.2) is 0 Å². The molecule has 0 aliphatic carbocycles. The highest BCUT2D eigenvalue weighted by Crippen LogP contribution is 2.38. The predicted octanol–water partition coefficient (Wildman–Crippen LogP) is 7.05. The van der Waals surface area contributed by atoms with Crippen LogP contribution in [0.5, 0.6) is 5.75 Å². The number of anilines is 2. The number of aromatic nitrogens is 2. The third kappa shape index (κ3) is 6.18. The number of hydrogen-bond donors (Lipinski definition) is 1. The summed E-state index contributed by atoms with van der Waals surface area (Å²) in [5.74, 6) is 1.11. The molecule has 1 amide bonds. The Kier molecular flexibility index (Phi) is 8.24. The summed E-state index contributed by atoms with van der Waals surface area (Å²) in [6.45, 7) is 1.86. The van der Waals surface area contributed by atoms with Crippen LogP contribution in [-0.4, -0.2) is 58.9 Å². The minimum Gasteiger partial charge on any atom is -0.487 e. The SMILES string of the molecule is CN(C)[C@H]1CCN(C(=O)CCc2ccc3c(c2)sc2ncnc(Nc4ccc(OCc5cccc(F)c5)c(Cl)c4)c23)C1. The van der Waals surface area contributed by atoms with Crippen LogP contribution in [-0.2, 0) is 17.8 Å². The van der Waals surface area contributed by atoms with Crippen molar-refractivity contribution in [3.63, 3.8) is 0 Å². The van der Waals surface area contributed by atoms with Crippen molar-refractivity contribution in [2.24, 2.45) is 0 Å². The maximum absolute atomic E-state index is 13.5. The number of likely N-dealkylation sites (N-methyl/N-ethyl adjacent to an activating group) is 1. The van der Waals surface area contributed by atoms with Gasteiger partial charge >= 0.3 is 0 Å². The highest BCUT2D eigenvalue weighted by Gasteiger charge is 2.27. The van der Waals surface area contributed by atoms with E-state index in [1.165, 1.54) is 12.1 Å². The van der Waals surface area contributed by atoms with E-state index in [-0.39, 0.29) is 18.3 Å². The molecule has 0 radical (unpaired) electrons. The van der Waals surface area contributed by atoms with Crippen LogP contribution in [0.25, 0.3) is 20.3 Å². The van der Waals surface area contributed by atoms with Crippen molar-refractivity contribution in [2.45, 2.75) is 31.9 Å². The maximum Gasteiger partial charge on any atom is 0.222 e. The molecule has 0 bridgehead atoms. The van der Waals surface area contributed by atoms with Crippen molar-refractivity contribution in [2.75, 3.05) is 32.5 Å². The standard InChI is InChI=1S/C32H31ClFN5O2S/c1-38(2)24-12-13-39(17-24)29(40)11-7-20-6-9-25-28(15-20)42-32-30(25)31(35-19-36-32)37-23-8-10-27(26(33)16-23)41-18-21-4-3-5-22(34)14-21/h3-6,8-10,14-16,19,24H,7,11-13,17-18H2,1-2H3,(H,35,36,37)/t24-/m0/s1. The highest BCUT2D eigenvalue weighted by atomic mass is 35.5. The number of amides is 1. The zero-order valence-electron chi connectivity index (χ0n) is 23.4. The lowest BCUT2D eigenvalue weighted by molar-refractivity contribution is -0.130. The summed E-state index contributed by atoms with van der Waals surface area (Å²) in [4.78, 5) is 26.9. The first-order valence-electron chi connectivity index (χ1n) is 13.9. The van der Waals surface area contributed by atoms with E-state index in [1.54, 1.807) is 41.9 Å². The summed E-state index contributed by atoms with van der Waals surface area (Å²) in [5, 5.41) is 5.81. The van der Waals surface area contributed by atoms with Crippen LogP contribution in [0.15, 0.2) is 67.0 Å². The second kappa shape index (κ2) is 12.2. The lowest BCUT2D eigenvalue weighted by Gasteiger charge is -2.20. The number of halogens is 2.